The molecule has 0 fully saturated rings. The number of aromatic amines is 1. The molecular weight excluding hydrogens is 481 g/mol. The van der Waals surface area contributed by atoms with Gasteiger partial charge in [-0.15, -0.1) is 35.3 Å². The van der Waals surface area contributed by atoms with Gasteiger partial charge in [0.25, 0.3) is 0 Å². The second-order valence-electron chi connectivity index (χ2n) is 6.93. The van der Waals surface area contributed by atoms with Crippen LogP contribution in [0.15, 0.2) is 46.9 Å². The highest BCUT2D eigenvalue weighted by molar-refractivity contribution is 14.0. The molecule has 0 radical (unpaired) electrons. The molecule has 0 unspecified atom stereocenters. The molecule has 1 aliphatic rings. The lowest BCUT2D eigenvalue weighted by molar-refractivity contribution is 0.260. The molecule has 2 aromatic heterocycles. The van der Waals surface area contributed by atoms with Crippen LogP contribution in [0.2, 0.25) is 0 Å². The Balaban J connectivity index is 0.00000225. The van der Waals surface area contributed by atoms with Crippen molar-refractivity contribution in [2.75, 3.05) is 33.2 Å². The van der Waals surface area contributed by atoms with E-state index < -0.39 is 0 Å². The van der Waals surface area contributed by atoms with Gasteiger partial charge in [0.1, 0.15) is 0 Å². The van der Waals surface area contributed by atoms with E-state index in [4.69, 9.17) is 0 Å². The number of aromatic nitrogens is 1. The Hall–Kier alpha value is -1.58. The number of benzene rings is 1. The van der Waals surface area contributed by atoms with Crippen molar-refractivity contribution in [1.82, 2.24) is 20.5 Å². The van der Waals surface area contributed by atoms with Crippen LogP contribution in [0.25, 0.3) is 10.9 Å². The van der Waals surface area contributed by atoms with E-state index in [1.165, 1.54) is 28.5 Å². The van der Waals surface area contributed by atoms with Crippen LogP contribution in [-0.4, -0.2) is 49.1 Å². The minimum atomic E-state index is 0. The maximum absolute atomic E-state index is 4.35. The lowest BCUT2D eigenvalue weighted by Crippen LogP contribution is -2.43. The molecule has 5 nitrogen and oxygen atoms in total. The van der Waals surface area contributed by atoms with Crippen molar-refractivity contribution in [2.45, 2.75) is 19.4 Å². The molecule has 7 heteroatoms. The van der Waals surface area contributed by atoms with Gasteiger partial charge in [0.15, 0.2) is 5.96 Å². The fourth-order valence-electron chi connectivity index (χ4n) is 3.70. The van der Waals surface area contributed by atoms with Gasteiger partial charge in [0.2, 0.25) is 0 Å². The quantitative estimate of drug-likeness (QED) is 0.271. The summed E-state index contributed by atoms with van der Waals surface area (Å²) in [6.45, 7) is 5.04. The fraction of sp³-hybridized carbons (Fsp3) is 0.381. The summed E-state index contributed by atoms with van der Waals surface area (Å²) in [6, 6.07) is 10.7. The van der Waals surface area contributed by atoms with Gasteiger partial charge in [-0.3, -0.25) is 9.89 Å². The number of guanidine groups is 1. The van der Waals surface area contributed by atoms with Crippen molar-refractivity contribution >= 4 is 52.2 Å². The van der Waals surface area contributed by atoms with E-state index in [2.05, 4.69) is 67.4 Å². The van der Waals surface area contributed by atoms with Crippen LogP contribution in [0.5, 0.6) is 0 Å². The monoisotopic (exact) mass is 509 g/mol. The highest BCUT2D eigenvalue weighted by Gasteiger charge is 2.16. The van der Waals surface area contributed by atoms with Gasteiger partial charge in [0.05, 0.1) is 0 Å². The summed E-state index contributed by atoms with van der Waals surface area (Å²) < 4.78 is 0. The summed E-state index contributed by atoms with van der Waals surface area (Å²) in [5, 5.41) is 10.4. The molecule has 28 heavy (non-hydrogen) atoms. The number of H-pyrrole nitrogens is 1. The number of nitrogens with one attached hydrogen (secondary N) is 3. The zero-order valence-corrected chi connectivity index (χ0v) is 19.3. The number of rotatable bonds is 6. The maximum atomic E-state index is 4.35. The number of thiophene rings is 1. The minimum absolute atomic E-state index is 0. The highest BCUT2D eigenvalue weighted by Crippen LogP contribution is 2.23. The first kappa shape index (κ1) is 21.1. The number of nitrogens with zero attached hydrogens (tertiary/aromatic N) is 2. The topological polar surface area (TPSA) is 55.5 Å². The van der Waals surface area contributed by atoms with E-state index in [0.717, 1.165) is 45.1 Å². The van der Waals surface area contributed by atoms with Gasteiger partial charge in [-0.1, -0.05) is 18.2 Å². The Morgan fingerprint density at radius 3 is 2.96 bits per heavy atom. The Kier molecular flexibility index (Phi) is 7.75. The second kappa shape index (κ2) is 10.3. The number of hydrogen-bond acceptors (Lipinski definition) is 3. The third-order valence-corrected chi connectivity index (χ3v) is 6.22. The predicted molar refractivity (Wildman–Crippen MR) is 130 cm³/mol. The highest BCUT2D eigenvalue weighted by atomic mass is 127. The van der Waals surface area contributed by atoms with Crippen molar-refractivity contribution in [1.29, 1.82) is 0 Å². The molecule has 1 aromatic carbocycles. The number of halogens is 1. The van der Waals surface area contributed by atoms with Gasteiger partial charge in [-0.05, 0) is 41.5 Å². The molecule has 150 valence electrons. The maximum Gasteiger partial charge on any atom is 0.191 e. The number of fused-ring (bicyclic) bond motifs is 2. The Bertz CT molecular complexity index is 916. The van der Waals surface area contributed by atoms with E-state index in [1.54, 1.807) is 4.88 Å². The SMILES string of the molecule is CN=C(NCCc1c[nH]c2ccccc12)NCCN1CCc2sccc2C1.I. The molecule has 0 amide bonds. The first-order valence-corrected chi connectivity index (χ1v) is 10.5. The zero-order valence-electron chi connectivity index (χ0n) is 16.2. The van der Waals surface area contributed by atoms with Gasteiger partial charge >= 0.3 is 0 Å². The molecule has 3 aromatic rings. The van der Waals surface area contributed by atoms with E-state index in [1.807, 2.05) is 18.4 Å². The van der Waals surface area contributed by atoms with Crippen molar-refractivity contribution < 1.29 is 0 Å². The summed E-state index contributed by atoms with van der Waals surface area (Å²) in [5.41, 5.74) is 4.05. The van der Waals surface area contributed by atoms with E-state index in [9.17, 15) is 0 Å². The molecule has 4 rings (SSSR count). The minimum Gasteiger partial charge on any atom is -0.361 e. The molecule has 0 atom stereocenters. The number of aliphatic imine (C=N–C) groups is 1. The first-order valence-electron chi connectivity index (χ1n) is 9.60. The van der Waals surface area contributed by atoms with Crippen molar-refractivity contribution in [3.05, 3.63) is 57.9 Å². The Labute approximate surface area is 187 Å². The first-order chi connectivity index (χ1) is 13.3. The standard InChI is InChI=1S/C21H27N5S.HI/c1-22-21(23-9-6-16-14-25-19-5-3-2-4-18(16)19)24-10-12-26-11-7-20-17(15-26)8-13-27-20;/h2-5,8,13-14,25H,6-7,9-12,15H2,1H3,(H2,22,23,24);1H. The zero-order chi connectivity index (χ0) is 18.5. The summed E-state index contributed by atoms with van der Waals surface area (Å²) in [4.78, 5) is 11.8. The van der Waals surface area contributed by atoms with Gasteiger partial charge in [0, 0.05) is 61.7 Å². The molecule has 3 heterocycles. The summed E-state index contributed by atoms with van der Waals surface area (Å²) in [6.07, 6.45) is 4.26. The van der Waals surface area contributed by atoms with Gasteiger partial charge in [-0.25, -0.2) is 0 Å². The van der Waals surface area contributed by atoms with Crippen LogP contribution >= 0.6 is 35.3 Å². The third-order valence-electron chi connectivity index (χ3n) is 5.19. The largest absolute Gasteiger partial charge is 0.361 e. The third kappa shape index (κ3) is 5.07. The molecule has 3 N–H and O–H groups in total. The van der Waals surface area contributed by atoms with Crippen molar-refractivity contribution in [2.24, 2.45) is 4.99 Å². The fourth-order valence-corrected chi connectivity index (χ4v) is 4.59. The van der Waals surface area contributed by atoms with E-state index >= 15 is 0 Å². The van der Waals surface area contributed by atoms with Gasteiger partial charge in [-0.2, -0.15) is 0 Å². The van der Waals surface area contributed by atoms with Crippen LogP contribution in [-0.2, 0) is 19.4 Å². The lowest BCUT2D eigenvalue weighted by Gasteiger charge is -2.27. The number of hydrogen-bond donors (Lipinski definition) is 3. The average Bonchev–Trinajstić information content (AvgIpc) is 3.33. The predicted octanol–water partition coefficient (Wildman–Crippen LogP) is 3.61. The molecule has 1 aliphatic heterocycles. The molecule has 0 saturated carbocycles. The Morgan fingerprint density at radius 1 is 1.21 bits per heavy atom. The van der Waals surface area contributed by atoms with Crippen LogP contribution in [0.3, 0.4) is 0 Å². The second-order valence-corrected chi connectivity index (χ2v) is 7.93. The molecule has 0 aliphatic carbocycles. The lowest BCUT2D eigenvalue weighted by atomic mass is 10.1. The summed E-state index contributed by atoms with van der Waals surface area (Å²) in [5.74, 6) is 0.878. The van der Waals surface area contributed by atoms with Crippen LogP contribution in [0, 0.1) is 0 Å². The molecule has 0 saturated heterocycles. The van der Waals surface area contributed by atoms with Gasteiger partial charge < -0.3 is 15.6 Å². The van der Waals surface area contributed by atoms with Crippen LogP contribution in [0.1, 0.15) is 16.0 Å². The number of para-hydroxylation sites is 1. The molecule has 0 spiro atoms. The summed E-state index contributed by atoms with van der Waals surface area (Å²) in [7, 11) is 1.83. The molecular formula is C21H28IN5S. The normalized spacial score (nSPS) is 14.5. The summed E-state index contributed by atoms with van der Waals surface area (Å²) >= 11 is 1.89. The van der Waals surface area contributed by atoms with E-state index in [0.29, 0.717) is 0 Å². The average molecular weight is 509 g/mol. The Morgan fingerprint density at radius 2 is 2.07 bits per heavy atom. The van der Waals surface area contributed by atoms with Crippen LogP contribution < -0.4 is 10.6 Å². The molecule has 0 bridgehead atoms. The van der Waals surface area contributed by atoms with Crippen molar-refractivity contribution in [3.63, 3.8) is 0 Å². The van der Waals surface area contributed by atoms with Crippen LogP contribution in [0.4, 0.5) is 0 Å². The smallest absolute Gasteiger partial charge is 0.191 e. The van der Waals surface area contributed by atoms with E-state index in [-0.39, 0.29) is 24.0 Å². The van der Waals surface area contributed by atoms with Crippen molar-refractivity contribution in [3.8, 4) is 0 Å².